The van der Waals surface area contributed by atoms with Crippen molar-refractivity contribution in [2.24, 2.45) is 0 Å². The van der Waals surface area contributed by atoms with Gasteiger partial charge in [0.1, 0.15) is 5.75 Å². The molecule has 146 valence electrons. The molecule has 0 aliphatic carbocycles. The van der Waals surface area contributed by atoms with Gasteiger partial charge < -0.3 is 15.0 Å². The van der Waals surface area contributed by atoms with E-state index in [1.54, 1.807) is 7.11 Å². The largest absolute Gasteiger partial charge is 0.495 e. The lowest BCUT2D eigenvalue weighted by atomic mass is 10.1. The number of fused-ring (bicyclic) bond motifs is 1. The van der Waals surface area contributed by atoms with E-state index in [2.05, 4.69) is 22.4 Å². The van der Waals surface area contributed by atoms with Crippen LogP contribution in [0.5, 0.6) is 5.75 Å². The highest BCUT2D eigenvalue weighted by atomic mass is 16.5. The van der Waals surface area contributed by atoms with E-state index in [1.807, 2.05) is 44.2 Å². The fourth-order valence-corrected chi connectivity index (χ4v) is 3.25. The maximum absolute atomic E-state index is 12.4. The van der Waals surface area contributed by atoms with Crippen LogP contribution in [0.25, 0.3) is 10.9 Å². The molecular weight excluding hydrogens is 352 g/mol. The molecule has 0 unspecified atom stereocenters. The third kappa shape index (κ3) is 4.60. The van der Waals surface area contributed by atoms with Crippen LogP contribution >= 0.6 is 0 Å². The van der Waals surface area contributed by atoms with Crippen LogP contribution in [-0.2, 0) is 17.6 Å². The number of ether oxygens (including phenoxy) is 1. The maximum Gasteiger partial charge on any atom is 0.251 e. The van der Waals surface area contributed by atoms with Gasteiger partial charge in [0, 0.05) is 23.9 Å². The van der Waals surface area contributed by atoms with Crippen LogP contribution in [0.2, 0.25) is 0 Å². The van der Waals surface area contributed by atoms with Gasteiger partial charge in [-0.25, -0.2) is 0 Å². The summed E-state index contributed by atoms with van der Waals surface area (Å²) in [7, 11) is 1.59. The fourth-order valence-electron chi connectivity index (χ4n) is 3.25. The molecule has 0 aliphatic rings. The Morgan fingerprint density at radius 1 is 1.07 bits per heavy atom. The standard InChI is InChI=1S/C23H26N2O3/c1-15-4-7-17(8-5-15)9-11-21(26)24-13-12-18-14-19-16(2)6-10-20(28-3)22(19)25-23(18)27/h4-8,10,14H,9,11-13H2,1-3H3,(H,24,26)(H,25,27). The van der Waals surface area contributed by atoms with Gasteiger partial charge in [0.05, 0.1) is 12.6 Å². The first-order valence-corrected chi connectivity index (χ1v) is 9.49. The lowest BCUT2D eigenvalue weighted by molar-refractivity contribution is -0.121. The minimum absolute atomic E-state index is 0.00403. The van der Waals surface area contributed by atoms with E-state index in [9.17, 15) is 9.59 Å². The van der Waals surface area contributed by atoms with Crippen molar-refractivity contribution in [2.45, 2.75) is 33.1 Å². The van der Waals surface area contributed by atoms with Gasteiger partial charge in [0.2, 0.25) is 5.91 Å². The van der Waals surface area contributed by atoms with E-state index in [1.165, 1.54) is 5.56 Å². The zero-order valence-electron chi connectivity index (χ0n) is 16.6. The zero-order valence-corrected chi connectivity index (χ0v) is 16.6. The first-order chi connectivity index (χ1) is 13.5. The number of aryl methyl sites for hydroxylation is 3. The van der Waals surface area contributed by atoms with Gasteiger partial charge in [-0.15, -0.1) is 0 Å². The molecule has 0 spiro atoms. The van der Waals surface area contributed by atoms with Crippen LogP contribution in [0, 0.1) is 13.8 Å². The van der Waals surface area contributed by atoms with E-state index < -0.39 is 0 Å². The van der Waals surface area contributed by atoms with Gasteiger partial charge in [-0.2, -0.15) is 0 Å². The number of carbonyl (C=O) groups is 1. The highest BCUT2D eigenvalue weighted by molar-refractivity contribution is 5.87. The summed E-state index contributed by atoms with van der Waals surface area (Å²) in [5.41, 5.74) is 4.64. The quantitative estimate of drug-likeness (QED) is 0.662. The third-order valence-electron chi connectivity index (χ3n) is 4.97. The topological polar surface area (TPSA) is 71.2 Å². The third-order valence-corrected chi connectivity index (χ3v) is 4.97. The number of pyridine rings is 1. The molecule has 5 heteroatoms. The van der Waals surface area contributed by atoms with Crippen molar-refractivity contribution in [3.8, 4) is 5.75 Å². The molecule has 1 heterocycles. The van der Waals surface area contributed by atoms with Crippen LogP contribution in [0.1, 0.15) is 28.7 Å². The van der Waals surface area contributed by atoms with E-state index >= 15 is 0 Å². The minimum atomic E-state index is -0.148. The van der Waals surface area contributed by atoms with Crippen molar-refractivity contribution >= 4 is 16.8 Å². The molecule has 0 radical (unpaired) electrons. The van der Waals surface area contributed by atoms with Crippen molar-refractivity contribution in [3.05, 3.63) is 75.1 Å². The van der Waals surface area contributed by atoms with Gasteiger partial charge in [-0.3, -0.25) is 9.59 Å². The number of H-pyrrole nitrogens is 1. The van der Waals surface area contributed by atoms with Gasteiger partial charge in [0.25, 0.3) is 5.56 Å². The van der Waals surface area contributed by atoms with Crippen LogP contribution in [-0.4, -0.2) is 24.5 Å². The molecule has 0 saturated carbocycles. The first-order valence-electron chi connectivity index (χ1n) is 9.49. The lowest BCUT2D eigenvalue weighted by Crippen LogP contribution is -2.27. The molecule has 0 atom stereocenters. The molecule has 2 aromatic carbocycles. The maximum atomic E-state index is 12.4. The van der Waals surface area contributed by atoms with Crippen LogP contribution in [0.4, 0.5) is 0 Å². The Kier molecular flexibility index (Phi) is 6.14. The molecule has 2 N–H and O–H groups in total. The fraction of sp³-hybridized carbons (Fsp3) is 0.304. The summed E-state index contributed by atoms with van der Waals surface area (Å²) < 4.78 is 5.33. The SMILES string of the molecule is COc1ccc(C)c2cc(CCNC(=O)CCc3ccc(C)cc3)c(=O)[nH]c12. The van der Waals surface area contributed by atoms with Crippen molar-refractivity contribution in [2.75, 3.05) is 13.7 Å². The minimum Gasteiger partial charge on any atom is -0.495 e. The smallest absolute Gasteiger partial charge is 0.251 e. The molecular formula is C23H26N2O3. The second kappa shape index (κ2) is 8.74. The summed E-state index contributed by atoms with van der Waals surface area (Å²) in [6.07, 6.45) is 1.63. The summed E-state index contributed by atoms with van der Waals surface area (Å²) >= 11 is 0. The molecule has 0 aliphatic heterocycles. The Morgan fingerprint density at radius 3 is 2.54 bits per heavy atom. The molecule has 28 heavy (non-hydrogen) atoms. The summed E-state index contributed by atoms with van der Waals surface area (Å²) in [6.45, 7) is 4.48. The Balaban J connectivity index is 1.59. The molecule has 0 fully saturated rings. The molecule has 3 rings (SSSR count). The Morgan fingerprint density at radius 2 is 1.82 bits per heavy atom. The predicted octanol–water partition coefficient (Wildman–Crippen LogP) is 3.45. The zero-order chi connectivity index (χ0) is 20.1. The number of aromatic nitrogens is 1. The number of carbonyl (C=O) groups excluding carboxylic acids is 1. The Labute approximate surface area is 164 Å². The number of methoxy groups -OCH3 is 1. The van der Waals surface area contributed by atoms with E-state index in [0.29, 0.717) is 42.6 Å². The average molecular weight is 378 g/mol. The molecule has 1 amide bonds. The lowest BCUT2D eigenvalue weighted by Gasteiger charge is -2.10. The van der Waals surface area contributed by atoms with Gasteiger partial charge >= 0.3 is 0 Å². The highest BCUT2D eigenvalue weighted by Crippen LogP contribution is 2.25. The molecule has 0 saturated heterocycles. The Bertz CT molecular complexity index is 1040. The molecule has 0 bridgehead atoms. The summed E-state index contributed by atoms with van der Waals surface area (Å²) in [4.78, 5) is 27.4. The van der Waals surface area contributed by atoms with Gasteiger partial charge in [-0.05, 0) is 49.9 Å². The average Bonchev–Trinajstić information content (AvgIpc) is 2.69. The van der Waals surface area contributed by atoms with Crippen molar-refractivity contribution in [1.29, 1.82) is 0 Å². The summed E-state index contributed by atoms with van der Waals surface area (Å²) in [5, 5.41) is 3.87. The number of benzene rings is 2. The second-order valence-corrected chi connectivity index (χ2v) is 7.08. The normalized spacial score (nSPS) is 10.8. The summed E-state index contributed by atoms with van der Waals surface area (Å²) in [5.74, 6) is 0.643. The predicted molar refractivity (Wildman–Crippen MR) is 112 cm³/mol. The monoisotopic (exact) mass is 378 g/mol. The van der Waals surface area contributed by atoms with E-state index in [4.69, 9.17) is 4.74 Å². The number of hydrogen-bond acceptors (Lipinski definition) is 3. The van der Waals surface area contributed by atoms with Gasteiger partial charge in [-0.1, -0.05) is 35.9 Å². The van der Waals surface area contributed by atoms with E-state index in [-0.39, 0.29) is 11.5 Å². The number of aromatic amines is 1. The van der Waals surface area contributed by atoms with Crippen molar-refractivity contribution in [3.63, 3.8) is 0 Å². The first kappa shape index (κ1) is 19.7. The number of nitrogens with one attached hydrogen (secondary N) is 2. The molecule has 1 aromatic heterocycles. The summed E-state index contributed by atoms with van der Waals surface area (Å²) in [6, 6.07) is 13.9. The number of hydrogen-bond donors (Lipinski definition) is 2. The molecule has 5 nitrogen and oxygen atoms in total. The number of amides is 1. The van der Waals surface area contributed by atoms with Crippen LogP contribution < -0.4 is 15.6 Å². The Hall–Kier alpha value is -3.08. The highest BCUT2D eigenvalue weighted by Gasteiger charge is 2.10. The second-order valence-electron chi connectivity index (χ2n) is 7.08. The van der Waals surface area contributed by atoms with Gasteiger partial charge in [0.15, 0.2) is 0 Å². The van der Waals surface area contributed by atoms with Crippen molar-refractivity contribution in [1.82, 2.24) is 10.3 Å². The molecule has 3 aromatic rings. The van der Waals surface area contributed by atoms with Crippen molar-refractivity contribution < 1.29 is 9.53 Å². The van der Waals surface area contributed by atoms with Crippen LogP contribution in [0.3, 0.4) is 0 Å². The number of rotatable bonds is 7. The van der Waals surface area contributed by atoms with E-state index in [0.717, 1.165) is 16.5 Å². The van der Waals surface area contributed by atoms with Crippen LogP contribution in [0.15, 0.2) is 47.3 Å².